The third kappa shape index (κ3) is 3.06. The second-order valence-corrected chi connectivity index (χ2v) is 4.03. The van der Waals surface area contributed by atoms with Crippen LogP contribution in [0.5, 0.6) is 11.5 Å². The van der Waals surface area contributed by atoms with Gasteiger partial charge >= 0.3 is 0 Å². The molecule has 2 aromatic carbocycles. The topological polar surface area (TPSA) is 29.5 Å². The Morgan fingerprint density at radius 1 is 0.947 bits per heavy atom. The van der Waals surface area contributed by atoms with Crippen LogP contribution in [0.3, 0.4) is 0 Å². The Bertz CT molecular complexity index is 597. The van der Waals surface area contributed by atoms with Gasteiger partial charge in [0.25, 0.3) is 0 Å². The lowest BCUT2D eigenvalue weighted by Gasteiger charge is -2.13. The Morgan fingerprint density at radius 2 is 1.58 bits per heavy atom. The van der Waals surface area contributed by atoms with Crippen molar-refractivity contribution in [3.63, 3.8) is 0 Å². The molecule has 0 aliphatic carbocycles. The van der Waals surface area contributed by atoms with Crippen molar-refractivity contribution in [2.24, 2.45) is 0 Å². The van der Waals surface area contributed by atoms with Crippen LogP contribution in [-0.2, 0) is 0 Å². The molecular weight excluding hydrogens is 257 g/mol. The van der Waals surface area contributed by atoms with Gasteiger partial charge in [-0.2, -0.15) is 0 Å². The summed E-state index contributed by atoms with van der Waals surface area (Å²) in [5.41, 5.74) is 0.156. The van der Waals surface area contributed by atoms with Gasteiger partial charge in [0.05, 0.1) is 6.10 Å². The zero-order valence-corrected chi connectivity index (χ0v) is 10.0. The molecule has 0 bridgehead atoms. The van der Waals surface area contributed by atoms with Crippen molar-refractivity contribution in [2.75, 3.05) is 0 Å². The van der Waals surface area contributed by atoms with E-state index >= 15 is 0 Å². The van der Waals surface area contributed by atoms with Gasteiger partial charge in [0.1, 0.15) is 17.4 Å². The van der Waals surface area contributed by atoms with Crippen LogP contribution in [-0.4, -0.2) is 5.11 Å². The molecule has 0 aliphatic rings. The zero-order valence-electron chi connectivity index (χ0n) is 10.0. The summed E-state index contributed by atoms with van der Waals surface area (Å²) in [6.45, 7) is 1.42. The van der Waals surface area contributed by atoms with Crippen molar-refractivity contribution in [1.82, 2.24) is 0 Å². The van der Waals surface area contributed by atoms with Gasteiger partial charge in [0, 0.05) is 11.6 Å². The number of hydrogen-bond donors (Lipinski definition) is 1. The van der Waals surface area contributed by atoms with E-state index in [0.29, 0.717) is 0 Å². The molecular formula is C14H11F3O2. The van der Waals surface area contributed by atoms with E-state index in [4.69, 9.17) is 4.74 Å². The summed E-state index contributed by atoms with van der Waals surface area (Å²) in [5, 5.41) is 9.52. The van der Waals surface area contributed by atoms with E-state index in [-0.39, 0.29) is 17.1 Å². The molecule has 0 fully saturated rings. The largest absolute Gasteiger partial charge is 0.454 e. The lowest BCUT2D eigenvalue weighted by Crippen LogP contribution is -1.98. The highest BCUT2D eigenvalue weighted by atomic mass is 19.1. The summed E-state index contributed by atoms with van der Waals surface area (Å²) in [7, 11) is 0. The molecule has 0 radical (unpaired) electrons. The van der Waals surface area contributed by atoms with Crippen LogP contribution in [0.4, 0.5) is 13.2 Å². The molecule has 1 unspecified atom stereocenters. The first-order valence-corrected chi connectivity index (χ1v) is 5.58. The van der Waals surface area contributed by atoms with E-state index in [1.54, 1.807) is 0 Å². The van der Waals surface area contributed by atoms with Gasteiger partial charge in [-0.15, -0.1) is 0 Å². The summed E-state index contributed by atoms with van der Waals surface area (Å²) >= 11 is 0. The van der Waals surface area contributed by atoms with Crippen LogP contribution in [0.25, 0.3) is 0 Å². The molecule has 1 atom stereocenters. The first-order chi connectivity index (χ1) is 8.97. The molecule has 1 N–H and O–H groups in total. The minimum absolute atomic E-state index is 0.0703. The van der Waals surface area contributed by atoms with E-state index < -0.39 is 23.6 Å². The lowest BCUT2D eigenvalue weighted by atomic mass is 10.1. The first-order valence-electron chi connectivity index (χ1n) is 5.58. The fourth-order valence-corrected chi connectivity index (χ4v) is 1.61. The fraction of sp³-hybridized carbons (Fsp3) is 0.143. The maximum absolute atomic E-state index is 13.4. The highest BCUT2D eigenvalue weighted by molar-refractivity contribution is 5.39. The number of aliphatic hydroxyl groups excluding tert-OH is 1. The number of aliphatic hydroxyl groups is 1. The van der Waals surface area contributed by atoms with Gasteiger partial charge in [0.2, 0.25) is 0 Å². The van der Waals surface area contributed by atoms with Gasteiger partial charge in [-0.1, -0.05) is 0 Å². The Kier molecular flexibility index (Phi) is 3.76. The highest BCUT2D eigenvalue weighted by Gasteiger charge is 2.13. The molecule has 0 heterocycles. The van der Waals surface area contributed by atoms with Crippen LogP contribution in [0.15, 0.2) is 36.4 Å². The van der Waals surface area contributed by atoms with Crippen LogP contribution in [0, 0.1) is 17.5 Å². The van der Waals surface area contributed by atoms with Gasteiger partial charge < -0.3 is 9.84 Å². The molecule has 0 amide bonds. The maximum Gasteiger partial charge on any atom is 0.165 e. The summed E-state index contributed by atoms with van der Waals surface area (Å²) in [6, 6.07) is 6.21. The normalized spacial score (nSPS) is 12.3. The number of hydrogen-bond acceptors (Lipinski definition) is 2. The average Bonchev–Trinajstić information content (AvgIpc) is 2.35. The predicted molar refractivity (Wildman–Crippen MR) is 63.5 cm³/mol. The number of rotatable bonds is 3. The molecule has 2 aromatic rings. The molecule has 2 nitrogen and oxygen atoms in total. The fourth-order valence-electron chi connectivity index (χ4n) is 1.61. The molecule has 0 saturated heterocycles. The van der Waals surface area contributed by atoms with E-state index in [1.165, 1.54) is 13.0 Å². The molecule has 0 aromatic heterocycles. The smallest absolute Gasteiger partial charge is 0.165 e. The average molecular weight is 268 g/mol. The second kappa shape index (κ2) is 5.32. The second-order valence-electron chi connectivity index (χ2n) is 4.03. The molecule has 5 heteroatoms. The van der Waals surface area contributed by atoms with Crippen LogP contribution in [0.2, 0.25) is 0 Å². The minimum atomic E-state index is -0.998. The van der Waals surface area contributed by atoms with Crippen LogP contribution in [0.1, 0.15) is 18.6 Å². The first kappa shape index (κ1) is 13.4. The van der Waals surface area contributed by atoms with Crippen molar-refractivity contribution < 1.29 is 23.0 Å². The van der Waals surface area contributed by atoms with Crippen LogP contribution < -0.4 is 4.74 Å². The summed E-state index contributed by atoms with van der Waals surface area (Å²) in [6.07, 6.45) is -0.998. The maximum atomic E-state index is 13.4. The monoisotopic (exact) mass is 268 g/mol. The Morgan fingerprint density at radius 3 is 2.26 bits per heavy atom. The highest BCUT2D eigenvalue weighted by Crippen LogP contribution is 2.31. The van der Waals surface area contributed by atoms with Crippen molar-refractivity contribution in [1.29, 1.82) is 0 Å². The standard InChI is InChI=1S/C14H11F3O2/c1-8(18)11-6-9(15)3-5-13(11)19-14-7-10(16)2-4-12(14)17/h2-8,18H,1H3. The van der Waals surface area contributed by atoms with Crippen molar-refractivity contribution in [2.45, 2.75) is 13.0 Å². The Labute approximate surface area is 108 Å². The third-order valence-electron chi connectivity index (χ3n) is 2.54. The zero-order chi connectivity index (χ0) is 14.0. The van der Waals surface area contributed by atoms with E-state index in [9.17, 15) is 18.3 Å². The molecule has 2 rings (SSSR count). The Hall–Kier alpha value is -2.01. The molecule has 100 valence electrons. The third-order valence-corrected chi connectivity index (χ3v) is 2.54. The predicted octanol–water partition coefficient (Wildman–Crippen LogP) is 3.95. The lowest BCUT2D eigenvalue weighted by molar-refractivity contribution is 0.195. The molecule has 0 spiro atoms. The molecule has 0 saturated carbocycles. The quantitative estimate of drug-likeness (QED) is 0.913. The van der Waals surface area contributed by atoms with Crippen LogP contribution >= 0.6 is 0 Å². The molecule has 19 heavy (non-hydrogen) atoms. The number of halogens is 3. The van der Waals surface area contributed by atoms with E-state index in [2.05, 4.69) is 0 Å². The minimum Gasteiger partial charge on any atom is -0.454 e. The van der Waals surface area contributed by atoms with Crippen molar-refractivity contribution in [3.8, 4) is 11.5 Å². The Balaban J connectivity index is 2.40. The van der Waals surface area contributed by atoms with Gasteiger partial charge in [-0.05, 0) is 37.3 Å². The van der Waals surface area contributed by atoms with Gasteiger partial charge in [0.15, 0.2) is 11.6 Å². The summed E-state index contributed by atoms with van der Waals surface area (Å²) in [5.74, 6) is -2.21. The van der Waals surface area contributed by atoms with E-state index in [0.717, 1.165) is 30.3 Å². The van der Waals surface area contributed by atoms with Crippen molar-refractivity contribution in [3.05, 3.63) is 59.4 Å². The van der Waals surface area contributed by atoms with Gasteiger partial charge in [-0.3, -0.25) is 0 Å². The number of ether oxygens (including phenoxy) is 1. The summed E-state index contributed by atoms with van der Waals surface area (Å²) < 4.78 is 44.7. The number of benzene rings is 2. The van der Waals surface area contributed by atoms with E-state index in [1.807, 2.05) is 0 Å². The summed E-state index contributed by atoms with van der Waals surface area (Å²) in [4.78, 5) is 0. The molecule has 0 aliphatic heterocycles. The SMILES string of the molecule is CC(O)c1cc(F)ccc1Oc1cc(F)ccc1F. The van der Waals surface area contributed by atoms with Gasteiger partial charge in [-0.25, -0.2) is 13.2 Å². The van der Waals surface area contributed by atoms with Crippen molar-refractivity contribution >= 4 is 0 Å².